The number of hydrogen-bond acceptors (Lipinski definition) is 3. The molecular formula is C12H12BrN3. The lowest BCUT2D eigenvalue weighted by Crippen LogP contribution is -1.97. The van der Waals surface area contributed by atoms with Crippen molar-refractivity contribution in [2.24, 2.45) is 0 Å². The van der Waals surface area contributed by atoms with Crippen molar-refractivity contribution < 1.29 is 0 Å². The molecule has 1 heterocycles. The molecule has 0 bridgehead atoms. The van der Waals surface area contributed by atoms with Crippen LogP contribution >= 0.6 is 15.9 Å². The smallest absolute Gasteiger partial charge is 0.132 e. The Balaban J connectivity index is 2.27. The molecule has 0 fully saturated rings. The van der Waals surface area contributed by atoms with Crippen molar-refractivity contribution in [2.45, 2.75) is 6.92 Å². The number of aryl methyl sites for hydroxylation is 1. The van der Waals surface area contributed by atoms with Crippen LogP contribution < -0.4 is 11.1 Å². The van der Waals surface area contributed by atoms with Gasteiger partial charge in [0.1, 0.15) is 11.6 Å². The second kappa shape index (κ2) is 4.53. The van der Waals surface area contributed by atoms with Gasteiger partial charge < -0.3 is 11.1 Å². The Hall–Kier alpha value is -1.55. The van der Waals surface area contributed by atoms with Gasteiger partial charge in [-0.3, -0.25) is 0 Å². The summed E-state index contributed by atoms with van der Waals surface area (Å²) in [6, 6.07) is 11.6. The molecule has 0 aliphatic rings. The van der Waals surface area contributed by atoms with Gasteiger partial charge in [-0.15, -0.1) is 0 Å². The molecule has 4 heteroatoms. The zero-order valence-corrected chi connectivity index (χ0v) is 10.5. The van der Waals surface area contributed by atoms with Crippen LogP contribution in [0.5, 0.6) is 0 Å². The van der Waals surface area contributed by atoms with E-state index in [2.05, 4.69) is 32.3 Å². The Morgan fingerprint density at radius 2 is 2.06 bits per heavy atom. The molecule has 3 N–H and O–H groups in total. The van der Waals surface area contributed by atoms with Crippen LogP contribution in [0.2, 0.25) is 0 Å². The molecule has 0 amide bonds. The minimum Gasteiger partial charge on any atom is -0.384 e. The molecule has 0 saturated heterocycles. The fraction of sp³-hybridized carbons (Fsp3) is 0.0833. The van der Waals surface area contributed by atoms with Crippen LogP contribution in [-0.4, -0.2) is 4.98 Å². The molecule has 16 heavy (non-hydrogen) atoms. The van der Waals surface area contributed by atoms with Crippen molar-refractivity contribution in [3.63, 3.8) is 0 Å². The molecule has 0 atom stereocenters. The Morgan fingerprint density at radius 1 is 1.25 bits per heavy atom. The summed E-state index contributed by atoms with van der Waals surface area (Å²) in [5, 5.41) is 3.23. The quantitative estimate of drug-likeness (QED) is 0.884. The van der Waals surface area contributed by atoms with Crippen molar-refractivity contribution in [2.75, 3.05) is 11.1 Å². The van der Waals surface area contributed by atoms with Gasteiger partial charge in [-0.25, -0.2) is 4.98 Å². The number of nitrogens with zero attached hydrogens (tertiary/aromatic N) is 1. The van der Waals surface area contributed by atoms with Gasteiger partial charge in [0.25, 0.3) is 0 Å². The molecule has 2 rings (SSSR count). The van der Waals surface area contributed by atoms with Crippen molar-refractivity contribution in [3.05, 3.63) is 46.4 Å². The number of pyridine rings is 1. The third-order valence-corrected chi connectivity index (χ3v) is 2.72. The highest BCUT2D eigenvalue weighted by Crippen LogP contribution is 2.23. The lowest BCUT2D eigenvalue weighted by Gasteiger charge is -2.09. The van der Waals surface area contributed by atoms with E-state index in [1.54, 1.807) is 6.07 Å². The monoisotopic (exact) mass is 277 g/mol. The molecular weight excluding hydrogens is 266 g/mol. The van der Waals surface area contributed by atoms with Crippen molar-refractivity contribution in [1.82, 2.24) is 4.98 Å². The largest absolute Gasteiger partial charge is 0.384 e. The minimum absolute atomic E-state index is 0.514. The summed E-state index contributed by atoms with van der Waals surface area (Å²) in [6.07, 6.45) is 0. The van der Waals surface area contributed by atoms with E-state index in [0.29, 0.717) is 5.82 Å². The van der Waals surface area contributed by atoms with E-state index in [9.17, 15) is 0 Å². The number of hydrogen-bond donors (Lipinski definition) is 2. The third kappa shape index (κ3) is 2.52. The van der Waals surface area contributed by atoms with Crippen LogP contribution in [0.4, 0.5) is 17.3 Å². The first-order valence-electron chi connectivity index (χ1n) is 4.91. The fourth-order valence-electron chi connectivity index (χ4n) is 1.43. The van der Waals surface area contributed by atoms with E-state index in [1.165, 1.54) is 0 Å². The maximum atomic E-state index is 5.62. The number of aromatic nitrogens is 1. The number of nitrogens with two attached hydrogens (primary N) is 1. The first-order chi connectivity index (χ1) is 7.65. The normalized spacial score (nSPS) is 10.1. The van der Waals surface area contributed by atoms with Crippen LogP contribution in [-0.2, 0) is 0 Å². The first kappa shape index (κ1) is 11.0. The van der Waals surface area contributed by atoms with Crippen LogP contribution in [0.3, 0.4) is 0 Å². The third-order valence-electron chi connectivity index (χ3n) is 2.22. The van der Waals surface area contributed by atoms with Crippen LogP contribution in [0.1, 0.15) is 5.56 Å². The summed E-state index contributed by atoms with van der Waals surface area (Å²) in [6.45, 7) is 2.04. The van der Waals surface area contributed by atoms with Crippen molar-refractivity contribution >= 4 is 33.3 Å². The molecule has 0 spiro atoms. The van der Waals surface area contributed by atoms with Crippen LogP contribution in [0, 0.1) is 6.92 Å². The van der Waals surface area contributed by atoms with Gasteiger partial charge in [-0.2, -0.15) is 0 Å². The Bertz CT molecular complexity index is 511. The van der Waals surface area contributed by atoms with E-state index in [-0.39, 0.29) is 0 Å². The van der Waals surface area contributed by atoms with E-state index in [0.717, 1.165) is 21.5 Å². The summed E-state index contributed by atoms with van der Waals surface area (Å²) in [5.74, 6) is 1.27. The molecule has 0 aliphatic carbocycles. The molecule has 0 saturated carbocycles. The topological polar surface area (TPSA) is 50.9 Å². The number of halogens is 1. The molecule has 1 aromatic carbocycles. The van der Waals surface area contributed by atoms with Crippen molar-refractivity contribution in [3.8, 4) is 0 Å². The number of rotatable bonds is 2. The summed E-state index contributed by atoms with van der Waals surface area (Å²) in [5.41, 5.74) is 7.80. The SMILES string of the molecule is Cc1cc(Br)ccc1Nc1cccc(N)n1. The second-order valence-corrected chi connectivity index (χ2v) is 4.45. The highest BCUT2D eigenvalue weighted by molar-refractivity contribution is 9.10. The van der Waals surface area contributed by atoms with Gasteiger partial charge in [0.2, 0.25) is 0 Å². The Kier molecular flexibility index (Phi) is 3.10. The predicted octanol–water partition coefficient (Wildman–Crippen LogP) is 3.48. The van der Waals surface area contributed by atoms with Crippen LogP contribution in [0.25, 0.3) is 0 Å². The molecule has 2 aromatic rings. The average molecular weight is 278 g/mol. The number of nitrogens with one attached hydrogen (secondary N) is 1. The summed E-state index contributed by atoms with van der Waals surface area (Å²) in [7, 11) is 0. The predicted molar refractivity (Wildman–Crippen MR) is 70.8 cm³/mol. The minimum atomic E-state index is 0.514. The second-order valence-electron chi connectivity index (χ2n) is 3.53. The maximum Gasteiger partial charge on any atom is 0.132 e. The maximum absolute atomic E-state index is 5.62. The zero-order chi connectivity index (χ0) is 11.5. The van der Waals surface area contributed by atoms with Gasteiger partial charge in [0, 0.05) is 10.2 Å². The molecule has 0 aliphatic heterocycles. The summed E-state index contributed by atoms with van der Waals surface area (Å²) in [4.78, 5) is 4.19. The van der Waals surface area contributed by atoms with Gasteiger partial charge in [0.15, 0.2) is 0 Å². The number of anilines is 3. The summed E-state index contributed by atoms with van der Waals surface area (Å²) < 4.78 is 1.07. The van der Waals surface area contributed by atoms with Crippen LogP contribution in [0.15, 0.2) is 40.9 Å². The first-order valence-corrected chi connectivity index (χ1v) is 5.70. The highest BCUT2D eigenvalue weighted by Gasteiger charge is 2.00. The van der Waals surface area contributed by atoms with Gasteiger partial charge in [0.05, 0.1) is 0 Å². The molecule has 3 nitrogen and oxygen atoms in total. The fourth-order valence-corrected chi connectivity index (χ4v) is 1.90. The van der Waals surface area contributed by atoms with Gasteiger partial charge >= 0.3 is 0 Å². The van der Waals surface area contributed by atoms with Gasteiger partial charge in [-0.1, -0.05) is 22.0 Å². The molecule has 82 valence electrons. The van der Waals surface area contributed by atoms with E-state index < -0.39 is 0 Å². The summed E-state index contributed by atoms with van der Waals surface area (Å²) >= 11 is 3.43. The lowest BCUT2D eigenvalue weighted by atomic mass is 10.2. The van der Waals surface area contributed by atoms with Gasteiger partial charge in [-0.05, 0) is 42.8 Å². The lowest BCUT2D eigenvalue weighted by molar-refractivity contribution is 1.30. The Labute approximate surface area is 103 Å². The molecule has 0 unspecified atom stereocenters. The number of benzene rings is 1. The van der Waals surface area contributed by atoms with E-state index >= 15 is 0 Å². The number of nitrogen functional groups attached to an aromatic ring is 1. The van der Waals surface area contributed by atoms with E-state index in [4.69, 9.17) is 5.73 Å². The Morgan fingerprint density at radius 3 is 2.75 bits per heavy atom. The van der Waals surface area contributed by atoms with Crippen molar-refractivity contribution in [1.29, 1.82) is 0 Å². The van der Waals surface area contributed by atoms with E-state index in [1.807, 2.05) is 31.2 Å². The highest BCUT2D eigenvalue weighted by atomic mass is 79.9. The average Bonchev–Trinajstić information content (AvgIpc) is 2.22. The molecule has 1 aromatic heterocycles. The standard InChI is InChI=1S/C12H12BrN3/c1-8-7-9(13)5-6-10(8)15-12-4-2-3-11(14)16-12/h2-7H,1H3,(H3,14,15,16). The zero-order valence-electron chi connectivity index (χ0n) is 8.87. The molecule has 0 radical (unpaired) electrons.